The fourth-order valence-electron chi connectivity index (χ4n) is 3.52. The van der Waals surface area contributed by atoms with Crippen LogP contribution in [0.5, 0.6) is 0 Å². The number of hydrogen-bond acceptors (Lipinski definition) is 4. The predicted molar refractivity (Wildman–Crippen MR) is 116 cm³/mol. The summed E-state index contributed by atoms with van der Waals surface area (Å²) in [7, 11) is 0. The lowest BCUT2D eigenvalue weighted by Crippen LogP contribution is -2.25. The highest BCUT2D eigenvalue weighted by atomic mass is 35.5. The molecule has 0 aliphatic carbocycles. The van der Waals surface area contributed by atoms with Crippen molar-refractivity contribution in [1.29, 1.82) is 0 Å². The molecule has 0 atom stereocenters. The van der Waals surface area contributed by atoms with Crippen molar-refractivity contribution in [2.75, 3.05) is 24.5 Å². The highest BCUT2D eigenvalue weighted by Crippen LogP contribution is 2.24. The van der Waals surface area contributed by atoms with E-state index in [1.165, 1.54) is 12.8 Å². The molecule has 4 rings (SSSR count). The maximum Gasteiger partial charge on any atom is 0.251 e. The molecule has 148 valence electrons. The second-order valence-electron chi connectivity index (χ2n) is 7.17. The average Bonchev–Trinajstić information content (AvgIpc) is 3.30. The minimum atomic E-state index is -0.0883. The third kappa shape index (κ3) is 4.93. The lowest BCUT2D eigenvalue weighted by Gasteiger charge is -2.16. The van der Waals surface area contributed by atoms with Gasteiger partial charge in [0.1, 0.15) is 12.1 Å². The molecule has 1 aliphatic heterocycles. The Balaban J connectivity index is 1.42. The first-order valence-corrected chi connectivity index (χ1v) is 10.3. The van der Waals surface area contributed by atoms with Gasteiger partial charge in [0.2, 0.25) is 0 Å². The normalized spacial score (nSPS) is 13.5. The third-order valence-corrected chi connectivity index (χ3v) is 5.37. The van der Waals surface area contributed by atoms with E-state index in [0.29, 0.717) is 17.1 Å². The molecule has 0 unspecified atom stereocenters. The molecule has 1 saturated heterocycles. The van der Waals surface area contributed by atoms with E-state index in [1.54, 1.807) is 6.33 Å². The van der Waals surface area contributed by atoms with Crippen LogP contribution in [-0.2, 0) is 6.42 Å². The highest BCUT2D eigenvalue weighted by Gasteiger charge is 2.15. The van der Waals surface area contributed by atoms with Gasteiger partial charge in [0.15, 0.2) is 0 Å². The minimum Gasteiger partial charge on any atom is -0.357 e. The second-order valence-corrected chi connectivity index (χ2v) is 7.61. The molecular weight excluding hydrogens is 384 g/mol. The van der Waals surface area contributed by atoms with E-state index < -0.39 is 0 Å². The molecule has 0 saturated carbocycles. The molecule has 1 amide bonds. The molecule has 5 nitrogen and oxygen atoms in total. The fourth-order valence-corrected chi connectivity index (χ4v) is 3.64. The maximum absolute atomic E-state index is 12.6. The Bertz CT molecular complexity index is 984. The van der Waals surface area contributed by atoms with Crippen molar-refractivity contribution < 1.29 is 4.79 Å². The molecule has 0 spiro atoms. The molecule has 0 radical (unpaired) electrons. The molecule has 6 heteroatoms. The number of carbonyl (C=O) groups excluding carboxylic acids is 1. The number of carbonyl (C=O) groups is 1. The molecule has 2 aromatic carbocycles. The van der Waals surface area contributed by atoms with Crippen molar-refractivity contribution in [2.45, 2.75) is 19.3 Å². The van der Waals surface area contributed by atoms with Crippen LogP contribution in [0.1, 0.15) is 28.8 Å². The summed E-state index contributed by atoms with van der Waals surface area (Å²) >= 11 is 5.91. The van der Waals surface area contributed by atoms with E-state index in [0.717, 1.165) is 42.1 Å². The van der Waals surface area contributed by atoms with Crippen LogP contribution in [-0.4, -0.2) is 35.5 Å². The van der Waals surface area contributed by atoms with Crippen LogP contribution in [0.2, 0.25) is 5.02 Å². The topological polar surface area (TPSA) is 58.1 Å². The van der Waals surface area contributed by atoms with Crippen molar-refractivity contribution in [3.05, 3.63) is 77.1 Å². The number of anilines is 1. The van der Waals surface area contributed by atoms with Crippen molar-refractivity contribution in [1.82, 2.24) is 15.3 Å². The van der Waals surface area contributed by atoms with Crippen LogP contribution in [0.15, 0.2) is 60.9 Å². The molecular formula is C23H23ClN4O. The van der Waals surface area contributed by atoms with Crippen LogP contribution in [0.4, 0.5) is 5.82 Å². The van der Waals surface area contributed by atoms with Gasteiger partial charge in [-0.3, -0.25) is 4.79 Å². The molecule has 1 aromatic heterocycles. The Labute approximate surface area is 175 Å². The summed E-state index contributed by atoms with van der Waals surface area (Å²) in [5.74, 6) is 0.861. The Morgan fingerprint density at radius 1 is 1.03 bits per heavy atom. The van der Waals surface area contributed by atoms with Gasteiger partial charge in [-0.1, -0.05) is 35.9 Å². The van der Waals surface area contributed by atoms with Gasteiger partial charge in [0.25, 0.3) is 5.91 Å². The van der Waals surface area contributed by atoms with Gasteiger partial charge in [-0.25, -0.2) is 9.97 Å². The molecule has 0 bridgehead atoms. The van der Waals surface area contributed by atoms with E-state index in [4.69, 9.17) is 11.6 Å². The first-order valence-electron chi connectivity index (χ1n) is 9.89. The van der Waals surface area contributed by atoms with Crippen LogP contribution >= 0.6 is 11.6 Å². The summed E-state index contributed by atoms with van der Waals surface area (Å²) < 4.78 is 0. The molecule has 2 heterocycles. The van der Waals surface area contributed by atoms with E-state index in [1.807, 2.05) is 54.6 Å². The van der Waals surface area contributed by atoms with Gasteiger partial charge in [-0.2, -0.15) is 0 Å². The van der Waals surface area contributed by atoms with Gasteiger partial charge >= 0.3 is 0 Å². The van der Waals surface area contributed by atoms with Crippen LogP contribution in [0, 0.1) is 0 Å². The summed E-state index contributed by atoms with van der Waals surface area (Å²) in [6.07, 6.45) is 4.76. The number of amides is 1. The smallest absolute Gasteiger partial charge is 0.251 e. The fraction of sp³-hybridized carbons (Fsp3) is 0.261. The van der Waals surface area contributed by atoms with Crippen molar-refractivity contribution >= 4 is 23.3 Å². The van der Waals surface area contributed by atoms with E-state index in [2.05, 4.69) is 20.2 Å². The van der Waals surface area contributed by atoms with Crippen molar-refractivity contribution in [2.24, 2.45) is 0 Å². The Morgan fingerprint density at radius 2 is 1.83 bits per heavy atom. The lowest BCUT2D eigenvalue weighted by molar-refractivity contribution is 0.0954. The quantitative estimate of drug-likeness (QED) is 0.660. The SMILES string of the molecule is O=C(NCCc1ccc(Cl)cc1)c1cccc(-c2cc(N3CCCC3)ncn2)c1. The standard InChI is InChI=1S/C23H23ClN4O/c24-20-8-6-17(7-9-20)10-11-25-23(29)19-5-3-4-18(14-19)21-15-22(27-16-26-21)28-12-1-2-13-28/h3-9,14-16H,1-2,10-13H2,(H,25,29). The largest absolute Gasteiger partial charge is 0.357 e. The molecule has 3 aromatic rings. The van der Waals surface area contributed by atoms with Gasteiger partial charge in [-0.15, -0.1) is 0 Å². The monoisotopic (exact) mass is 406 g/mol. The molecule has 1 fully saturated rings. The Hall–Kier alpha value is -2.92. The number of rotatable bonds is 6. The Morgan fingerprint density at radius 3 is 2.62 bits per heavy atom. The number of aromatic nitrogens is 2. The first-order chi connectivity index (χ1) is 14.2. The zero-order valence-electron chi connectivity index (χ0n) is 16.1. The van der Waals surface area contributed by atoms with E-state index in [-0.39, 0.29) is 5.91 Å². The third-order valence-electron chi connectivity index (χ3n) is 5.12. The van der Waals surface area contributed by atoms with Crippen molar-refractivity contribution in [3.8, 4) is 11.3 Å². The number of nitrogens with zero attached hydrogens (tertiary/aromatic N) is 3. The number of nitrogens with one attached hydrogen (secondary N) is 1. The summed E-state index contributed by atoms with van der Waals surface area (Å²) in [5.41, 5.74) is 3.51. The van der Waals surface area contributed by atoms with Gasteiger partial charge in [-0.05, 0) is 49.1 Å². The van der Waals surface area contributed by atoms with Crippen molar-refractivity contribution in [3.63, 3.8) is 0 Å². The number of halogens is 1. The number of hydrogen-bond donors (Lipinski definition) is 1. The van der Waals surface area contributed by atoms with Crippen LogP contribution in [0.25, 0.3) is 11.3 Å². The average molecular weight is 407 g/mol. The van der Waals surface area contributed by atoms with Crippen LogP contribution < -0.4 is 10.2 Å². The summed E-state index contributed by atoms with van der Waals surface area (Å²) in [6.45, 7) is 2.64. The minimum absolute atomic E-state index is 0.0883. The van der Waals surface area contributed by atoms with Gasteiger partial charge in [0, 0.05) is 41.9 Å². The number of benzene rings is 2. The van der Waals surface area contributed by atoms with Gasteiger partial charge in [0.05, 0.1) is 5.69 Å². The highest BCUT2D eigenvalue weighted by molar-refractivity contribution is 6.30. The van der Waals surface area contributed by atoms with E-state index >= 15 is 0 Å². The Kier molecular flexibility index (Phi) is 6.06. The molecule has 1 N–H and O–H groups in total. The van der Waals surface area contributed by atoms with Gasteiger partial charge < -0.3 is 10.2 Å². The zero-order valence-corrected chi connectivity index (χ0v) is 16.9. The first kappa shape index (κ1) is 19.4. The molecule has 29 heavy (non-hydrogen) atoms. The van der Waals surface area contributed by atoms with E-state index in [9.17, 15) is 4.79 Å². The summed E-state index contributed by atoms with van der Waals surface area (Å²) in [4.78, 5) is 23.7. The maximum atomic E-state index is 12.6. The second kappa shape index (κ2) is 9.05. The summed E-state index contributed by atoms with van der Waals surface area (Å²) in [5, 5.41) is 3.70. The summed E-state index contributed by atoms with van der Waals surface area (Å²) in [6, 6.07) is 17.2. The van der Waals surface area contributed by atoms with Crippen LogP contribution in [0.3, 0.4) is 0 Å². The lowest BCUT2D eigenvalue weighted by atomic mass is 10.1. The molecule has 1 aliphatic rings. The predicted octanol–water partition coefficient (Wildman–Crippen LogP) is 4.37. The zero-order chi connectivity index (χ0) is 20.1.